The lowest BCUT2D eigenvalue weighted by molar-refractivity contribution is 0.623. The zero-order valence-electron chi connectivity index (χ0n) is 9.13. The highest BCUT2D eigenvalue weighted by Crippen LogP contribution is 2.26. The summed E-state index contributed by atoms with van der Waals surface area (Å²) in [5.41, 5.74) is 6.24. The first-order valence-corrected chi connectivity index (χ1v) is 7.68. The van der Waals surface area contributed by atoms with E-state index in [0.29, 0.717) is 23.5 Å². The van der Waals surface area contributed by atoms with Crippen LogP contribution in [0, 0.1) is 5.82 Å². The third-order valence-electron chi connectivity index (χ3n) is 2.05. The van der Waals surface area contributed by atoms with Crippen molar-refractivity contribution in [3.05, 3.63) is 28.0 Å². The van der Waals surface area contributed by atoms with E-state index < -0.39 is 16.6 Å². The molecule has 0 saturated carbocycles. The Morgan fingerprint density at radius 3 is 2.82 bits per heavy atom. The summed E-state index contributed by atoms with van der Waals surface area (Å²) in [5.74, 6) is 0.0193. The number of halogens is 2. The predicted molar refractivity (Wildman–Crippen MR) is 77.4 cm³/mol. The molecule has 1 rings (SSSR count). The Morgan fingerprint density at radius 2 is 2.29 bits per heavy atom. The van der Waals surface area contributed by atoms with E-state index in [0.717, 1.165) is 0 Å². The van der Waals surface area contributed by atoms with Gasteiger partial charge in [0.2, 0.25) is 0 Å². The molecule has 1 unspecified atom stereocenters. The third kappa shape index (κ3) is 4.01. The molecule has 0 amide bonds. The second-order valence-electron chi connectivity index (χ2n) is 3.36. The normalized spacial score (nSPS) is 12.2. The molecule has 0 fully saturated rings. The van der Waals surface area contributed by atoms with E-state index in [1.54, 1.807) is 18.4 Å². The molecule has 0 aliphatic rings. The Kier molecular flexibility index (Phi) is 5.48. The minimum atomic E-state index is -0.900. The van der Waals surface area contributed by atoms with Crippen LogP contribution in [0.3, 0.4) is 0 Å². The molecule has 0 aliphatic heterocycles. The number of benzene rings is 1. The number of nitrogens with one attached hydrogen (secondary N) is 1. The van der Waals surface area contributed by atoms with E-state index in [9.17, 15) is 8.60 Å². The summed E-state index contributed by atoms with van der Waals surface area (Å²) in [5, 5.41) is 2.87. The molecular formula is C10H12BrFN2OS2. The van der Waals surface area contributed by atoms with Gasteiger partial charge in [0.1, 0.15) is 4.99 Å². The van der Waals surface area contributed by atoms with Gasteiger partial charge in [-0.05, 0) is 28.1 Å². The van der Waals surface area contributed by atoms with E-state index in [1.165, 1.54) is 0 Å². The molecule has 0 aliphatic carbocycles. The van der Waals surface area contributed by atoms with Crippen molar-refractivity contribution in [2.75, 3.05) is 23.9 Å². The highest BCUT2D eigenvalue weighted by molar-refractivity contribution is 9.10. The lowest BCUT2D eigenvalue weighted by Gasteiger charge is -2.10. The maximum atomic E-state index is 13.8. The Balaban J connectivity index is 2.85. The molecule has 3 N–H and O–H groups in total. The second kappa shape index (κ2) is 6.42. The molecule has 0 heterocycles. The van der Waals surface area contributed by atoms with Gasteiger partial charge in [-0.3, -0.25) is 4.21 Å². The average Bonchev–Trinajstić information content (AvgIpc) is 2.23. The lowest BCUT2D eigenvalue weighted by Crippen LogP contribution is -2.14. The number of anilines is 1. The van der Waals surface area contributed by atoms with Gasteiger partial charge in [0.25, 0.3) is 0 Å². The van der Waals surface area contributed by atoms with Gasteiger partial charge in [-0.2, -0.15) is 0 Å². The quantitative estimate of drug-likeness (QED) is 0.806. The van der Waals surface area contributed by atoms with Crippen LogP contribution < -0.4 is 11.1 Å². The topological polar surface area (TPSA) is 55.1 Å². The van der Waals surface area contributed by atoms with Crippen molar-refractivity contribution in [2.45, 2.75) is 0 Å². The van der Waals surface area contributed by atoms with E-state index in [4.69, 9.17) is 18.0 Å². The molecule has 0 bridgehead atoms. The van der Waals surface area contributed by atoms with Crippen LogP contribution in [0.4, 0.5) is 10.1 Å². The van der Waals surface area contributed by atoms with Gasteiger partial charge < -0.3 is 11.1 Å². The minimum absolute atomic E-state index is 0.136. The largest absolute Gasteiger partial charge is 0.389 e. The molecule has 7 heteroatoms. The summed E-state index contributed by atoms with van der Waals surface area (Å²) in [6.45, 7) is 0.443. The average molecular weight is 339 g/mol. The molecule has 0 saturated heterocycles. The van der Waals surface area contributed by atoms with Crippen LogP contribution in [-0.2, 0) is 10.8 Å². The minimum Gasteiger partial charge on any atom is -0.389 e. The first-order valence-electron chi connectivity index (χ1n) is 4.75. The van der Waals surface area contributed by atoms with Crippen LogP contribution in [0.5, 0.6) is 0 Å². The Labute approximate surface area is 116 Å². The summed E-state index contributed by atoms with van der Waals surface area (Å²) in [6, 6.07) is 3.20. The first-order chi connectivity index (χ1) is 7.93. The van der Waals surface area contributed by atoms with Crippen LogP contribution in [-0.4, -0.2) is 27.8 Å². The zero-order valence-corrected chi connectivity index (χ0v) is 12.3. The van der Waals surface area contributed by atoms with Crippen molar-refractivity contribution < 1.29 is 8.60 Å². The van der Waals surface area contributed by atoms with Crippen LogP contribution in [0.25, 0.3) is 0 Å². The van der Waals surface area contributed by atoms with Crippen LogP contribution in [0.2, 0.25) is 0 Å². The lowest BCUT2D eigenvalue weighted by atomic mass is 10.2. The van der Waals surface area contributed by atoms with Crippen molar-refractivity contribution >= 4 is 49.6 Å². The van der Waals surface area contributed by atoms with Crippen molar-refractivity contribution in [1.29, 1.82) is 0 Å². The Hall–Kier alpha value is -0.530. The second-order valence-corrected chi connectivity index (χ2v) is 6.14. The van der Waals surface area contributed by atoms with Crippen LogP contribution in [0.1, 0.15) is 5.56 Å². The molecule has 0 radical (unpaired) electrons. The highest BCUT2D eigenvalue weighted by Gasteiger charge is 2.12. The summed E-state index contributed by atoms with van der Waals surface area (Å²) in [7, 11) is -0.900. The van der Waals surface area contributed by atoms with Gasteiger partial charge >= 0.3 is 0 Å². The molecule has 1 aromatic rings. The van der Waals surface area contributed by atoms with E-state index >= 15 is 0 Å². The van der Waals surface area contributed by atoms with Gasteiger partial charge in [0.05, 0.1) is 10.2 Å². The molecule has 1 aromatic carbocycles. The highest BCUT2D eigenvalue weighted by atomic mass is 79.9. The number of thiocarbonyl (C=S) groups is 1. The number of hydrogen-bond donors (Lipinski definition) is 2. The maximum Gasteiger partial charge on any atom is 0.161 e. The Bertz CT molecular complexity index is 468. The van der Waals surface area contributed by atoms with E-state index in [1.807, 2.05) is 0 Å². The third-order valence-corrected chi connectivity index (χ3v) is 3.83. The summed E-state index contributed by atoms with van der Waals surface area (Å²) < 4.78 is 25.0. The smallest absolute Gasteiger partial charge is 0.161 e. The van der Waals surface area contributed by atoms with Gasteiger partial charge in [0, 0.05) is 34.9 Å². The van der Waals surface area contributed by atoms with Crippen molar-refractivity contribution in [2.24, 2.45) is 5.73 Å². The summed E-state index contributed by atoms with van der Waals surface area (Å²) in [4.78, 5) is 0.136. The molecule has 0 spiro atoms. The number of nitrogens with two attached hydrogens (primary N) is 1. The van der Waals surface area contributed by atoms with Gasteiger partial charge in [0.15, 0.2) is 5.82 Å². The van der Waals surface area contributed by atoms with Crippen molar-refractivity contribution in [3.8, 4) is 0 Å². The first kappa shape index (κ1) is 14.5. The fourth-order valence-electron chi connectivity index (χ4n) is 1.21. The predicted octanol–water partition coefficient (Wildman–Crippen LogP) is 2.01. The van der Waals surface area contributed by atoms with Gasteiger partial charge in [-0.1, -0.05) is 12.2 Å². The van der Waals surface area contributed by atoms with E-state index in [2.05, 4.69) is 21.2 Å². The van der Waals surface area contributed by atoms with Crippen LogP contribution >= 0.6 is 28.1 Å². The molecule has 3 nitrogen and oxygen atoms in total. The monoisotopic (exact) mass is 338 g/mol. The number of hydrogen-bond acceptors (Lipinski definition) is 3. The summed E-state index contributed by atoms with van der Waals surface area (Å²) >= 11 is 7.90. The molecule has 94 valence electrons. The molecule has 0 aromatic heterocycles. The number of rotatable bonds is 5. The van der Waals surface area contributed by atoms with E-state index in [-0.39, 0.29) is 9.46 Å². The standard InChI is InChI=1S/C10H12BrFN2OS2/c1-17(15)5-4-14-7-3-2-6(10(13)16)8(11)9(7)12/h2-3,14H,4-5H2,1H3,(H2,13,16). The van der Waals surface area contributed by atoms with Crippen molar-refractivity contribution in [3.63, 3.8) is 0 Å². The Morgan fingerprint density at radius 1 is 1.65 bits per heavy atom. The molecule has 1 atom stereocenters. The fraction of sp³-hybridized carbons (Fsp3) is 0.300. The van der Waals surface area contributed by atoms with Gasteiger partial charge in [-0.25, -0.2) is 4.39 Å². The van der Waals surface area contributed by atoms with Crippen LogP contribution in [0.15, 0.2) is 16.6 Å². The maximum absolute atomic E-state index is 13.8. The van der Waals surface area contributed by atoms with Crippen molar-refractivity contribution in [1.82, 2.24) is 0 Å². The zero-order chi connectivity index (χ0) is 13.0. The fourth-order valence-corrected chi connectivity index (χ4v) is 2.46. The SMILES string of the molecule is CS(=O)CCNc1ccc(C(N)=S)c(Br)c1F. The molecular weight excluding hydrogens is 327 g/mol. The molecule has 17 heavy (non-hydrogen) atoms. The summed E-state index contributed by atoms with van der Waals surface area (Å²) in [6.07, 6.45) is 1.60. The van der Waals surface area contributed by atoms with Gasteiger partial charge in [-0.15, -0.1) is 0 Å².